The van der Waals surface area contributed by atoms with E-state index in [-0.39, 0.29) is 5.97 Å². The van der Waals surface area contributed by atoms with Crippen LogP contribution < -0.4 is 0 Å². The van der Waals surface area contributed by atoms with E-state index in [1.807, 2.05) is 32.2 Å². The van der Waals surface area contributed by atoms with E-state index in [1.165, 1.54) is 0 Å². The lowest BCUT2D eigenvalue weighted by atomic mass is 10.0. The largest absolute Gasteiger partial charge is 0.462 e. The van der Waals surface area contributed by atoms with Gasteiger partial charge in [0.2, 0.25) is 0 Å². The number of aryl methyl sites for hydroxylation is 1. The molecule has 0 bridgehead atoms. The zero-order valence-electron chi connectivity index (χ0n) is 8.83. The van der Waals surface area contributed by atoms with E-state index in [1.54, 1.807) is 6.07 Å². The predicted octanol–water partition coefficient (Wildman–Crippen LogP) is 2.65. The zero-order valence-corrected chi connectivity index (χ0v) is 8.83. The van der Waals surface area contributed by atoms with Crippen molar-refractivity contribution >= 4 is 16.9 Å². The minimum absolute atomic E-state index is 0.252. The second kappa shape index (κ2) is 3.77. The highest BCUT2D eigenvalue weighted by atomic mass is 16.5. The summed E-state index contributed by atoms with van der Waals surface area (Å²) in [6.45, 7) is 4.15. The monoisotopic (exact) mass is 203 g/mol. The first kappa shape index (κ1) is 9.77. The molecule has 2 rings (SSSR count). The van der Waals surface area contributed by atoms with Crippen molar-refractivity contribution < 1.29 is 9.53 Å². The number of aromatic nitrogens is 1. The Kier molecular flexibility index (Phi) is 2.46. The maximum absolute atomic E-state index is 11.6. The van der Waals surface area contributed by atoms with Crippen LogP contribution >= 0.6 is 0 Å². The first-order valence-corrected chi connectivity index (χ1v) is 4.98. The van der Waals surface area contributed by atoms with Crippen LogP contribution in [0.2, 0.25) is 0 Å². The highest BCUT2D eigenvalue weighted by Crippen LogP contribution is 2.21. The fourth-order valence-corrected chi connectivity index (χ4v) is 1.71. The summed E-state index contributed by atoms with van der Waals surface area (Å²) in [6, 6.07) is 5.66. The minimum Gasteiger partial charge on any atom is -0.462 e. The van der Waals surface area contributed by atoms with Crippen LogP contribution in [-0.4, -0.2) is 17.6 Å². The number of nitrogens with one attached hydrogen (secondary N) is 1. The second-order valence-electron chi connectivity index (χ2n) is 3.40. The van der Waals surface area contributed by atoms with E-state index < -0.39 is 0 Å². The number of H-pyrrole nitrogens is 1. The molecule has 1 aromatic heterocycles. The first-order chi connectivity index (χ1) is 7.24. The van der Waals surface area contributed by atoms with E-state index in [0.29, 0.717) is 12.2 Å². The molecule has 0 radical (unpaired) electrons. The standard InChI is InChI=1S/C12H13NO2/c1-3-15-12(14)10-4-5-11-9(8(10)2)6-7-13-11/h4-7,13H,3H2,1-2H3. The van der Waals surface area contributed by atoms with Gasteiger partial charge in [-0.1, -0.05) is 0 Å². The van der Waals surface area contributed by atoms with Gasteiger partial charge >= 0.3 is 5.97 Å². The van der Waals surface area contributed by atoms with Crippen LogP contribution in [0.4, 0.5) is 0 Å². The summed E-state index contributed by atoms with van der Waals surface area (Å²) in [7, 11) is 0. The summed E-state index contributed by atoms with van der Waals surface area (Å²) < 4.78 is 4.99. The molecule has 1 aromatic carbocycles. The van der Waals surface area contributed by atoms with Crippen molar-refractivity contribution in [2.24, 2.45) is 0 Å². The van der Waals surface area contributed by atoms with Gasteiger partial charge in [-0.3, -0.25) is 0 Å². The van der Waals surface area contributed by atoms with Crippen molar-refractivity contribution in [1.82, 2.24) is 4.98 Å². The SMILES string of the molecule is CCOC(=O)c1ccc2[nH]ccc2c1C. The van der Waals surface area contributed by atoms with Crippen molar-refractivity contribution in [3.63, 3.8) is 0 Å². The first-order valence-electron chi connectivity index (χ1n) is 4.98. The summed E-state index contributed by atoms with van der Waals surface area (Å²) in [6.07, 6.45) is 1.87. The van der Waals surface area contributed by atoms with Crippen LogP contribution in [0.5, 0.6) is 0 Å². The number of hydrogen-bond acceptors (Lipinski definition) is 2. The van der Waals surface area contributed by atoms with Crippen molar-refractivity contribution in [3.8, 4) is 0 Å². The minimum atomic E-state index is -0.252. The Labute approximate surface area is 88.1 Å². The molecule has 0 spiro atoms. The van der Waals surface area contributed by atoms with Crippen LogP contribution in [0.25, 0.3) is 10.9 Å². The Hall–Kier alpha value is -1.77. The molecular weight excluding hydrogens is 190 g/mol. The van der Waals surface area contributed by atoms with Crippen LogP contribution in [0.3, 0.4) is 0 Å². The molecule has 0 aliphatic rings. The molecule has 0 amide bonds. The third-order valence-electron chi connectivity index (χ3n) is 2.50. The van der Waals surface area contributed by atoms with Crippen molar-refractivity contribution in [2.45, 2.75) is 13.8 Å². The van der Waals surface area contributed by atoms with Crippen LogP contribution in [0.1, 0.15) is 22.8 Å². The Morgan fingerprint density at radius 3 is 2.93 bits per heavy atom. The van der Waals surface area contributed by atoms with Gasteiger partial charge < -0.3 is 9.72 Å². The van der Waals surface area contributed by atoms with Gasteiger partial charge in [-0.25, -0.2) is 4.79 Å². The smallest absolute Gasteiger partial charge is 0.338 e. The molecule has 0 atom stereocenters. The van der Waals surface area contributed by atoms with Gasteiger partial charge in [0.05, 0.1) is 12.2 Å². The van der Waals surface area contributed by atoms with Crippen molar-refractivity contribution in [3.05, 3.63) is 35.5 Å². The molecule has 15 heavy (non-hydrogen) atoms. The number of carbonyl (C=O) groups excluding carboxylic acids is 1. The Morgan fingerprint density at radius 2 is 2.20 bits per heavy atom. The number of rotatable bonds is 2. The molecule has 0 fully saturated rings. The Bertz CT molecular complexity index is 499. The lowest BCUT2D eigenvalue weighted by molar-refractivity contribution is 0.0526. The average Bonchev–Trinajstić information content (AvgIpc) is 2.67. The third kappa shape index (κ3) is 1.61. The number of aromatic amines is 1. The summed E-state index contributed by atoms with van der Waals surface area (Å²) in [5.41, 5.74) is 2.65. The second-order valence-corrected chi connectivity index (χ2v) is 3.40. The number of esters is 1. The van der Waals surface area contributed by atoms with Gasteiger partial charge in [0, 0.05) is 17.1 Å². The quantitative estimate of drug-likeness (QED) is 0.762. The lowest BCUT2D eigenvalue weighted by Crippen LogP contribution is -2.06. The normalized spacial score (nSPS) is 10.5. The van der Waals surface area contributed by atoms with Crippen molar-refractivity contribution in [1.29, 1.82) is 0 Å². The Morgan fingerprint density at radius 1 is 1.40 bits per heavy atom. The van der Waals surface area contributed by atoms with Crippen LogP contribution in [0, 0.1) is 6.92 Å². The molecule has 0 saturated carbocycles. The van der Waals surface area contributed by atoms with E-state index in [4.69, 9.17) is 4.74 Å². The van der Waals surface area contributed by atoms with E-state index >= 15 is 0 Å². The third-order valence-corrected chi connectivity index (χ3v) is 2.50. The molecule has 78 valence electrons. The number of carbonyl (C=O) groups is 1. The highest BCUT2D eigenvalue weighted by molar-refractivity contribution is 5.97. The molecule has 1 N–H and O–H groups in total. The molecule has 0 aliphatic heterocycles. The molecule has 0 unspecified atom stereocenters. The molecule has 3 heteroatoms. The van der Waals surface area contributed by atoms with E-state index in [2.05, 4.69) is 4.98 Å². The highest BCUT2D eigenvalue weighted by Gasteiger charge is 2.12. The van der Waals surface area contributed by atoms with Gasteiger partial charge in [0.15, 0.2) is 0 Å². The van der Waals surface area contributed by atoms with Gasteiger partial charge in [0.25, 0.3) is 0 Å². The maximum atomic E-state index is 11.6. The van der Waals surface area contributed by atoms with Crippen LogP contribution in [-0.2, 0) is 4.74 Å². The summed E-state index contributed by atoms with van der Waals surface area (Å²) in [5, 5.41) is 1.07. The average molecular weight is 203 g/mol. The number of benzene rings is 1. The molecule has 3 nitrogen and oxygen atoms in total. The maximum Gasteiger partial charge on any atom is 0.338 e. The number of hydrogen-bond donors (Lipinski definition) is 1. The van der Waals surface area contributed by atoms with Crippen LogP contribution in [0.15, 0.2) is 24.4 Å². The van der Waals surface area contributed by atoms with Gasteiger partial charge in [0.1, 0.15) is 0 Å². The number of fused-ring (bicyclic) bond motifs is 1. The van der Waals surface area contributed by atoms with Gasteiger partial charge in [-0.05, 0) is 37.6 Å². The molecular formula is C12H13NO2. The molecule has 1 heterocycles. The van der Waals surface area contributed by atoms with E-state index in [9.17, 15) is 4.79 Å². The summed E-state index contributed by atoms with van der Waals surface area (Å²) in [4.78, 5) is 14.7. The fraction of sp³-hybridized carbons (Fsp3) is 0.250. The van der Waals surface area contributed by atoms with Crippen molar-refractivity contribution in [2.75, 3.05) is 6.61 Å². The molecule has 0 saturated heterocycles. The number of ether oxygens (including phenoxy) is 1. The fourth-order valence-electron chi connectivity index (χ4n) is 1.71. The molecule has 0 aliphatic carbocycles. The lowest BCUT2D eigenvalue weighted by Gasteiger charge is -2.05. The zero-order chi connectivity index (χ0) is 10.8. The predicted molar refractivity (Wildman–Crippen MR) is 59.0 cm³/mol. The molecule has 2 aromatic rings. The summed E-state index contributed by atoms with van der Waals surface area (Å²) >= 11 is 0. The van der Waals surface area contributed by atoms with E-state index in [0.717, 1.165) is 16.5 Å². The topological polar surface area (TPSA) is 42.1 Å². The van der Waals surface area contributed by atoms with Gasteiger partial charge in [-0.2, -0.15) is 0 Å². The Balaban J connectivity index is 2.52. The van der Waals surface area contributed by atoms with Gasteiger partial charge in [-0.15, -0.1) is 0 Å². The summed E-state index contributed by atoms with van der Waals surface area (Å²) in [5.74, 6) is -0.252.